The molecule has 0 bridgehead atoms. The third kappa shape index (κ3) is 92.0. The molecule has 0 rings (SSSR count). The molecule has 4 nitrogen and oxygen atoms in total. The first-order valence-corrected chi connectivity index (χ1v) is 1.65. The van der Waals surface area contributed by atoms with Gasteiger partial charge in [-0.25, -0.2) is 9.90 Å². The molecule has 1 radical (unpaired) electrons. The van der Waals surface area contributed by atoms with Gasteiger partial charge in [0, 0.05) is 0 Å². The molecule has 0 aliphatic rings. The van der Waals surface area contributed by atoms with Crippen LogP contribution in [0.4, 0.5) is 4.79 Å². The fourth-order valence-electron chi connectivity index (χ4n) is 0. The molecule has 43 valence electrons. The zero-order chi connectivity index (χ0) is 6.28. The Balaban J connectivity index is 0. The zero-order valence-electron chi connectivity index (χ0n) is 3.92. The maximum absolute atomic E-state index is 8.93. The number of carbonyl (C=O) groups is 1. The van der Waals surface area contributed by atoms with Crippen molar-refractivity contribution in [1.82, 2.24) is 0 Å². The van der Waals surface area contributed by atoms with Crippen LogP contribution >= 0.6 is 0 Å². The van der Waals surface area contributed by atoms with E-state index in [1.165, 1.54) is 0 Å². The molecule has 0 spiro atoms. The van der Waals surface area contributed by atoms with E-state index >= 15 is 0 Å². The minimum absolute atomic E-state index is 0. The first kappa shape index (κ1) is 9.52. The third-order valence-corrected chi connectivity index (χ3v) is 0. The monoisotopic (exact) mass is 107 g/mol. The second-order valence-corrected chi connectivity index (χ2v) is 0.571. The predicted molar refractivity (Wildman–Crippen MR) is 21.9 cm³/mol. The first-order chi connectivity index (χ1) is 3.15. The summed E-state index contributed by atoms with van der Waals surface area (Å²) in [5.74, 6) is 0. The quantitative estimate of drug-likeness (QED) is 0.477. The van der Waals surface area contributed by atoms with Gasteiger partial charge < -0.3 is 10.2 Å². The Hall–Kier alpha value is -0.770. The summed E-state index contributed by atoms with van der Waals surface area (Å²) < 4.78 is 0. The van der Waals surface area contributed by atoms with Crippen LogP contribution in [0.1, 0.15) is 6.92 Å². The first-order valence-electron chi connectivity index (χ1n) is 1.65. The standard InChI is InChI=1S/C2H5O.CH2O3/c1-2-3;2-1(3)4/h2H2,1H3;(H2,2,3,4). The van der Waals surface area contributed by atoms with Gasteiger partial charge in [-0.15, -0.1) is 0 Å². The Morgan fingerprint density at radius 1 is 1.57 bits per heavy atom. The molecule has 0 unspecified atom stereocenters. The van der Waals surface area contributed by atoms with E-state index in [1.54, 1.807) is 6.92 Å². The molecular formula is C3H7O4. The average Bonchev–Trinajstić information content (AvgIpc) is 1.33. The molecule has 2 N–H and O–H groups in total. The van der Waals surface area contributed by atoms with Gasteiger partial charge in [0.05, 0.1) is 6.61 Å². The van der Waals surface area contributed by atoms with Crippen LogP contribution in [0.5, 0.6) is 0 Å². The summed E-state index contributed by atoms with van der Waals surface area (Å²) in [5, 5.41) is 22.9. The highest BCUT2D eigenvalue weighted by Crippen LogP contribution is 1.42. The molecule has 0 aromatic carbocycles. The number of hydrogen-bond donors (Lipinski definition) is 2. The lowest BCUT2D eigenvalue weighted by Gasteiger charge is -1.60. The van der Waals surface area contributed by atoms with E-state index < -0.39 is 6.16 Å². The molecule has 4 heteroatoms. The molecule has 0 aliphatic carbocycles. The van der Waals surface area contributed by atoms with Gasteiger partial charge in [0.25, 0.3) is 0 Å². The summed E-state index contributed by atoms with van der Waals surface area (Å²) in [4.78, 5) is 8.56. The fraction of sp³-hybridized carbons (Fsp3) is 0.667. The Labute approximate surface area is 41.0 Å². The lowest BCUT2D eigenvalue weighted by atomic mass is 10.9. The van der Waals surface area contributed by atoms with Gasteiger partial charge in [0.15, 0.2) is 0 Å². The van der Waals surface area contributed by atoms with Crippen LogP contribution in [0.3, 0.4) is 0 Å². The molecule has 0 heterocycles. The van der Waals surface area contributed by atoms with E-state index in [0.29, 0.717) is 0 Å². The van der Waals surface area contributed by atoms with Crippen molar-refractivity contribution in [1.29, 1.82) is 0 Å². The molecule has 7 heavy (non-hydrogen) atoms. The Morgan fingerprint density at radius 2 is 1.57 bits per heavy atom. The highest BCUT2D eigenvalue weighted by Gasteiger charge is 1.70. The van der Waals surface area contributed by atoms with E-state index in [2.05, 4.69) is 0 Å². The molecule has 0 aromatic rings. The smallest absolute Gasteiger partial charge is 0.450 e. The minimum atomic E-state index is -1.83. The van der Waals surface area contributed by atoms with Gasteiger partial charge in [0.1, 0.15) is 0 Å². The van der Waals surface area contributed by atoms with Gasteiger partial charge in [-0.2, -0.15) is 0 Å². The predicted octanol–water partition coefficient (Wildman–Crippen LogP) is 0.659. The topological polar surface area (TPSA) is 77.4 Å². The van der Waals surface area contributed by atoms with E-state index in [1.807, 2.05) is 0 Å². The van der Waals surface area contributed by atoms with Gasteiger partial charge in [-0.3, -0.25) is 0 Å². The van der Waals surface area contributed by atoms with Crippen LogP contribution in [0.2, 0.25) is 0 Å². The maximum atomic E-state index is 8.93. The molecule has 0 amide bonds. The van der Waals surface area contributed by atoms with Crippen LogP contribution in [-0.4, -0.2) is 23.0 Å². The minimum Gasteiger partial charge on any atom is -0.450 e. The molecule has 0 saturated heterocycles. The summed E-state index contributed by atoms with van der Waals surface area (Å²) in [6.45, 7) is 1.57. The van der Waals surface area contributed by atoms with Crippen molar-refractivity contribution >= 4 is 6.16 Å². The molecule has 0 saturated carbocycles. The Morgan fingerprint density at radius 3 is 1.57 bits per heavy atom. The molecular weight excluding hydrogens is 100 g/mol. The zero-order valence-corrected chi connectivity index (χ0v) is 3.92. The molecule has 0 aliphatic heterocycles. The second-order valence-electron chi connectivity index (χ2n) is 0.571. The maximum Gasteiger partial charge on any atom is 0.503 e. The SMILES string of the molecule is CC[O].O=C(O)O. The highest BCUT2D eigenvalue weighted by atomic mass is 16.6. The summed E-state index contributed by atoms with van der Waals surface area (Å²) in [7, 11) is 0. The fourth-order valence-corrected chi connectivity index (χ4v) is 0. The van der Waals surface area contributed by atoms with Gasteiger partial charge in [0.2, 0.25) is 0 Å². The van der Waals surface area contributed by atoms with Crippen LogP contribution in [0.15, 0.2) is 0 Å². The van der Waals surface area contributed by atoms with Crippen molar-refractivity contribution in [3.05, 3.63) is 0 Å². The van der Waals surface area contributed by atoms with Crippen molar-refractivity contribution in [2.45, 2.75) is 6.92 Å². The summed E-state index contributed by atoms with van der Waals surface area (Å²) >= 11 is 0. The number of rotatable bonds is 0. The molecule has 0 atom stereocenters. The van der Waals surface area contributed by atoms with Crippen molar-refractivity contribution in [2.24, 2.45) is 0 Å². The molecule has 0 aromatic heterocycles. The second kappa shape index (κ2) is 8.97. The lowest BCUT2D eigenvalue weighted by molar-refractivity contribution is 0.137. The average molecular weight is 107 g/mol. The summed E-state index contributed by atoms with van der Waals surface area (Å²) in [6, 6.07) is 0. The van der Waals surface area contributed by atoms with Gasteiger partial charge in [-0.1, -0.05) is 0 Å². The molecule has 0 fully saturated rings. The number of carboxylic acid groups (broad SMARTS) is 2. The van der Waals surface area contributed by atoms with E-state index in [0.717, 1.165) is 0 Å². The van der Waals surface area contributed by atoms with Crippen molar-refractivity contribution in [3.63, 3.8) is 0 Å². The van der Waals surface area contributed by atoms with E-state index in [9.17, 15) is 0 Å². The van der Waals surface area contributed by atoms with Crippen LogP contribution in [0, 0.1) is 0 Å². The Bertz CT molecular complexity index is 38.2. The normalized spacial score (nSPS) is 6.00. The Kier molecular flexibility index (Phi) is 12.2. The highest BCUT2D eigenvalue weighted by molar-refractivity contribution is 5.53. The van der Waals surface area contributed by atoms with Crippen LogP contribution < -0.4 is 0 Å². The van der Waals surface area contributed by atoms with Crippen LogP contribution in [-0.2, 0) is 5.11 Å². The van der Waals surface area contributed by atoms with E-state index in [-0.39, 0.29) is 6.61 Å². The van der Waals surface area contributed by atoms with Crippen molar-refractivity contribution in [2.75, 3.05) is 6.61 Å². The summed E-state index contributed by atoms with van der Waals surface area (Å²) in [5.41, 5.74) is 0. The van der Waals surface area contributed by atoms with E-state index in [4.69, 9.17) is 20.1 Å². The van der Waals surface area contributed by atoms with Crippen LogP contribution in [0.25, 0.3) is 0 Å². The van der Waals surface area contributed by atoms with Gasteiger partial charge in [-0.05, 0) is 6.92 Å². The third-order valence-electron chi connectivity index (χ3n) is 0. The largest absolute Gasteiger partial charge is 0.503 e. The van der Waals surface area contributed by atoms with Crippen molar-refractivity contribution in [3.8, 4) is 0 Å². The summed E-state index contributed by atoms with van der Waals surface area (Å²) in [6.07, 6.45) is -1.83. The van der Waals surface area contributed by atoms with Crippen molar-refractivity contribution < 1.29 is 20.1 Å². The van der Waals surface area contributed by atoms with Gasteiger partial charge >= 0.3 is 6.16 Å². The lowest BCUT2D eigenvalue weighted by Crippen LogP contribution is -1.81. The number of hydrogen-bond acceptors (Lipinski definition) is 1.